The maximum absolute atomic E-state index is 13.5. The maximum Gasteiger partial charge on any atom is 0.261 e. The second-order valence-corrected chi connectivity index (χ2v) is 10.5. The monoisotopic (exact) mass is 554 g/mol. The van der Waals surface area contributed by atoms with Gasteiger partial charge in [-0.05, 0) is 62.3 Å². The lowest BCUT2D eigenvalue weighted by atomic mass is 9.87. The van der Waals surface area contributed by atoms with Gasteiger partial charge in [-0.3, -0.25) is 9.59 Å². The van der Waals surface area contributed by atoms with Gasteiger partial charge in [-0.2, -0.15) is 0 Å². The summed E-state index contributed by atoms with van der Waals surface area (Å²) in [5.41, 5.74) is 2.74. The molecule has 0 saturated carbocycles. The van der Waals surface area contributed by atoms with Gasteiger partial charge in [0.25, 0.3) is 5.91 Å². The summed E-state index contributed by atoms with van der Waals surface area (Å²) in [6.07, 6.45) is 0.331. The summed E-state index contributed by atoms with van der Waals surface area (Å²) >= 11 is 3.55. The van der Waals surface area contributed by atoms with Gasteiger partial charge in [-0.25, -0.2) is 4.39 Å². The molecule has 7 heteroatoms. The molecule has 1 atom stereocenters. The number of carbonyl (C=O) groups excluding carboxylic acids is 2. The highest BCUT2D eigenvalue weighted by molar-refractivity contribution is 9.10. The molecule has 3 aromatic carbocycles. The minimum atomic E-state index is -0.773. The average Bonchev–Trinajstić information content (AvgIpc) is 2.86. The predicted octanol–water partition coefficient (Wildman–Crippen LogP) is 5.65. The van der Waals surface area contributed by atoms with Gasteiger partial charge < -0.3 is 15.0 Å². The van der Waals surface area contributed by atoms with Gasteiger partial charge in [0, 0.05) is 20.0 Å². The van der Waals surface area contributed by atoms with E-state index in [9.17, 15) is 14.0 Å². The van der Waals surface area contributed by atoms with E-state index in [2.05, 4.69) is 42.0 Å². The van der Waals surface area contributed by atoms with Gasteiger partial charge in [-0.15, -0.1) is 0 Å². The molecule has 0 fully saturated rings. The summed E-state index contributed by atoms with van der Waals surface area (Å²) in [6.45, 7) is 6.25. The van der Waals surface area contributed by atoms with Crippen LogP contribution in [-0.4, -0.2) is 36.4 Å². The molecule has 2 amide bonds. The minimum Gasteiger partial charge on any atom is -0.483 e. The first kappa shape index (κ1) is 27.4. The molecular weight excluding hydrogens is 523 g/mol. The molecule has 0 aliphatic heterocycles. The lowest BCUT2D eigenvalue weighted by Gasteiger charge is -2.31. The molecule has 0 radical (unpaired) electrons. The quantitative estimate of drug-likeness (QED) is 0.371. The van der Waals surface area contributed by atoms with Crippen molar-refractivity contribution in [3.8, 4) is 5.75 Å². The van der Waals surface area contributed by atoms with Gasteiger partial charge >= 0.3 is 0 Å². The van der Waals surface area contributed by atoms with E-state index in [-0.39, 0.29) is 36.2 Å². The summed E-state index contributed by atoms with van der Waals surface area (Å²) in [5.74, 6) is -0.464. The molecule has 3 aromatic rings. The van der Waals surface area contributed by atoms with Gasteiger partial charge in [-0.1, -0.05) is 69.3 Å². The Morgan fingerprint density at radius 1 is 1.00 bits per heavy atom. The predicted molar refractivity (Wildman–Crippen MR) is 143 cm³/mol. The van der Waals surface area contributed by atoms with Gasteiger partial charge in [0.2, 0.25) is 5.91 Å². The molecule has 0 aliphatic rings. The Hall–Kier alpha value is -3.19. The van der Waals surface area contributed by atoms with E-state index < -0.39 is 6.04 Å². The number of rotatable bonds is 9. The molecule has 190 valence electrons. The van der Waals surface area contributed by atoms with Crippen molar-refractivity contribution in [2.45, 2.75) is 45.2 Å². The van der Waals surface area contributed by atoms with Crippen molar-refractivity contribution in [1.82, 2.24) is 10.2 Å². The minimum absolute atomic E-state index is 0.0268. The zero-order valence-electron chi connectivity index (χ0n) is 21.1. The third kappa shape index (κ3) is 7.40. The fourth-order valence-corrected chi connectivity index (χ4v) is 4.31. The number of carbonyl (C=O) groups is 2. The SMILES string of the molecule is CNC(=O)C(Cc1ccccc1)N(Cc1ccc(F)cc1)C(=O)COc1ccc(C(C)(C)C)cc1Br. The van der Waals surface area contributed by atoms with Crippen LogP contribution in [0.2, 0.25) is 0 Å². The summed E-state index contributed by atoms with van der Waals surface area (Å²) in [5, 5.41) is 2.68. The van der Waals surface area contributed by atoms with Crippen molar-refractivity contribution < 1.29 is 18.7 Å². The Bertz CT molecular complexity index is 1180. The van der Waals surface area contributed by atoms with Crippen LogP contribution in [0.3, 0.4) is 0 Å². The number of hydrogen-bond acceptors (Lipinski definition) is 3. The van der Waals surface area contributed by atoms with Crippen LogP contribution in [-0.2, 0) is 28.0 Å². The van der Waals surface area contributed by atoms with E-state index in [1.165, 1.54) is 17.0 Å². The molecule has 0 aromatic heterocycles. The molecule has 3 rings (SSSR count). The normalized spacial score (nSPS) is 12.1. The number of nitrogens with zero attached hydrogens (tertiary/aromatic N) is 1. The van der Waals surface area contributed by atoms with Crippen LogP contribution < -0.4 is 10.1 Å². The first-order valence-corrected chi connectivity index (χ1v) is 12.6. The molecule has 5 nitrogen and oxygen atoms in total. The lowest BCUT2D eigenvalue weighted by Crippen LogP contribution is -2.51. The number of halogens is 2. The van der Waals surface area contributed by atoms with Crippen LogP contribution in [0.5, 0.6) is 5.75 Å². The van der Waals surface area contributed by atoms with E-state index in [1.54, 1.807) is 19.2 Å². The molecule has 36 heavy (non-hydrogen) atoms. The fourth-order valence-electron chi connectivity index (χ4n) is 3.81. The highest BCUT2D eigenvalue weighted by Crippen LogP contribution is 2.31. The van der Waals surface area contributed by atoms with Crippen LogP contribution in [0, 0.1) is 5.82 Å². The number of ether oxygens (including phenoxy) is 1. The number of hydrogen-bond donors (Lipinski definition) is 1. The van der Waals surface area contributed by atoms with Crippen molar-refractivity contribution in [2.75, 3.05) is 13.7 Å². The number of benzene rings is 3. The first-order valence-electron chi connectivity index (χ1n) is 11.8. The topological polar surface area (TPSA) is 58.6 Å². The summed E-state index contributed by atoms with van der Waals surface area (Å²) < 4.78 is 20.1. The molecule has 0 aliphatic carbocycles. The van der Waals surface area contributed by atoms with Crippen molar-refractivity contribution in [1.29, 1.82) is 0 Å². The number of amides is 2. The Morgan fingerprint density at radius 2 is 1.67 bits per heavy atom. The Balaban J connectivity index is 1.86. The fraction of sp³-hybridized carbons (Fsp3) is 0.310. The smallest absolute Gasteiger partial charge is 0.261 e. The Kier molecular flexibility index (Phi) is 9.26. The summed E-state index contributed by atoms with van der Waals surface area (Å²) in [4.78, 5) is 28.0. The standard InChI is InChI=1S/C29H32BrFN2O3/c1-29(2,3)22-12-15-26(24(30)17-22)36-19-27(34)33(18-21-10-13-23(31)14-11-21)25(28(35)32-4)16-20-8-6-5-7-9-20/h5-15,17,25H,16,18-19H2,1-4H3,(H,32,35). The summed E-state index contributed by atoms with van der Waals surface area (Å²) in [6, 6.07) is 20.5. The molecular formula is C29H32BrFN2O3. The van der Waals surface area contributed by atoms with E-state index in [0.717, 1.165) is 15.6 Å². The second kappa shape index (κ2) is 12.2. The van der Waals surface area contributed by atoms with Gasteiger partial charge in [0.15, 0.2) is 6.61 Å². The highest BCUT2D eigenvalue weighted by atomic mass is 79.9. The Morgan fingerprint density at radius 3 is 2.25 bits per heavy atom. The number of nitrogens with one attached hydrogen (secondary N) is 1. The van der Waals surface area contributed by atoms with E-state index >= 15 is 0 Å². The van der Waals surface area contributed by atoms with Crippen LogP contribution in [0.25, 0.3) is 0 Å². The van der Waals surface area contributed by atoms with Crippen molar-refractivity contribution >= 4 is 27.7 Å². The van der Waals surface area contributed by atoms with Crippen LogP contribution in [0.1, 0.15) is 37.5 Å². The molecule has 0 bridgehead atoms. The van der Waals surface area contributed by atoms with Crippen molar-refractivity contribution in [2.24, 2.45) is 0 Å². The average molecular weight is 555 g/mol. The lowest BCUT2D eigenvalue weighted by molar-refractivity contribution is -0.142. The zero-order valence-corrected chi connectivity index (χ0v) is 22.6. The van der Waals surface area contributed by atoms with Crippen LogP contribution in [0.15, 0.2) is 77.3 Å². The second-order valence-electron chi connectivity index (χ2n) is 9.65. The van der Waals surface area contributed by atoms with E-state index in [0.29, 0.717) is 17.7 Å². The first-order chi connectivity index (χ1) is 17.1. The van der Waals surface area contributed by atoms with Crippen molar-refractivity contribution in [3.63, 3.8) is 0 Å². The largest absolute Gasteiger partial charge is 0.483 e. The number of likely N-dealkylation sites (N-methyl/N-ethyl adjacent to an activating group) is 1. The molecule has 0 saturated heterocycles. The third-order valence-electron chi connectivity index (χ3n) is 5.93. The maximum atomic E-state index is 13.5. The van der Waals surface area contributed by atoms with Crippen molar-refractivity contribution in [3.05, 3.63) is 99.8 Å². The van der Waals surface area contributed by atoms with Gasteiger partial charge in [0.05, 0.1) is 4.47 Å². The highest BCUT2D eigenvalue weighted by Gasteiger charge is 2.30. The van der Waals surface area contributed by atoms with Crippen LogP contribution >= 0.6 is 15.9 Å². The zero-order chi connectivity index (χ0) is 26.3. The molecule has 0 heterocycles. The molecule has 0 spiro atoms. The van der Waals surface area contributed by atoms with Gasteiger partial charge in [0.1, 0.15) is 17.6 Å². The third-order valence-corrected chi connectivity index (χ3v) is 6.55. The van der Waals surface area contributed by atoms with E-state index in [4.69, 9.17) is 4.74 Å². The Labute approximate surface area is 220 Å². The molecule has 1 unspecified atom stereocenters. The summed E-state index contributed by atoms with van der Waals surface area (Å²) in [7, 11) is 1.55. The van der Waals surface area contributed by atoms with E-state index in [1.807, 2.05) is 48.5 Å². The molecule has 1 N–H and O–H groups in total. The van der Waals surface area contributed by atoms with Crippen LogP contribution in [0.4, 0.5) is 4.39 Å².